The highest BCUT2D eigenvalue weighted by Gasteiger charge is 2.18. The van der Waals surface area contributed by atoms with Gasteiger partial charge in [-0.2, -0.15) is 0 Å². The van der Waals surface area contributed by atoms with Crippen LogP contribution in [0.15, 0.2) is 59.5 Å². The fraction of sp³-hybridized carbons (Fsp3) is 0.316. The Bertz CT molecular complexity index is 840. The standard InChI is InChI=1S/C19H24ClN3O3S/c1-23(2)14-18(15-6-4-3-5-7-15)22-19(24)12-13-21-27(25,26)17-10-8-16(20)9-11-17/h3-11,18,21H,12-14H2,1-2H3,(H,22,24)/p+1/t18-/m0/s1. The molecule has 0 aliphatic rings. The van der Waals surface area contributed by atoms with Crippen molar-refractivity contribution in [1.29, 1.82) is 0 Å². The van der Waals surface area contributed by atoms with Crippen molar-refractivity contribution in [3.8, 4) is 0 Å². The molecule has 0 aliphatic heterocycles. The lowest BCUT2D eigenvalue weighted by molar-refractivity contribution is -0.860. The average molecular weight is 411 g/mol. The number of nitrogens with one attached hydrogen (secondary N) is 3. The van der Waals surface area contributed by atoms with Crippen LogP contribution < -0.4 is 14.9 Å². The van der Waals surface area contributed by atoms with Crippen LogP contribution in [-0.4, -0.2) is 41.5 Å². The van der Waals surface area contributed by atoms with Gasteiger partial charge in [0.25, 0.3) is 0 Å². The molecular weight excluding hydrogens is 386 g/mol. The molecule has 0 saturated carbocycles. The van der Waals surface area contributed by atoms with Gasteiger partial charge in [0.15, 0.2) is 0 Å². The molecule has 0 spiro atoms. The summed E-state index contributed by atoms with van der Waals surface area (Å²) < 4.78 is 26.9. The summed E-state index contributed by atoms with van der Waals surface area (Å²) in [6.45, 7) is 0.749. The third-order valence-corrected chi connectivity index (χ3v) is 5.65. The third-order valence-electron chi connectivity index (χ3n) is 3.92. The Morgan fingerprint density at radius 3 is 2.30 bits per heavy atom. The van der Waals surface area contributed by atoms with E-state index < -0.39 is 10.0 Å². The summed E-state index contributed by atoms with van der Waals surface area (Å²) in [5.74, 6) is -0.205. The monoisotopic (exact) mass is 410 g/mol. The number of quaternary nitrogens is 1. The van der Waals surface area contributed by atoms with E-state index in [0.29, 0.717) is 5.02 Å². The van der Waals surface area contributed by atoms with E-state index in [4.69, 9.17) is 11.6 Å². The van der Waals surface area contributed by atoms with Crippen LogP contribution >= 0.6 is 11.6 Å². The SMILES string of the molecule is C[NH+](C)C[C@H](NC(=O)CCNS(=O)(=O)c1ccc(Cl)cc1)c1ccccc1. The minimum absolute atomic E-state index is 0.0210. The van der Waals surface area contributed by atoms with E-state index in [0.717, 1.165) is 12.1 Å². The molecule has 3 N–H and O–H groups in total. The molecule has 0 aliphatic carbocycles. The van der Waals surface area contributed by atoms with Gasteiger partial charge in [0.1, 0.15) is 12.6 Å². The predicted octanol–water partition coefficient (Wildman–Crippen LogP) is 1.01. The molecule has 2 aromatic rings. The molecule has 27 heavy (non-hydrogen) atoms. The lowest BCUT2D eigenvalue weighted by atomic mass is 10.1. The van der Waals surface area contributed by atoms with E-state index in [1.165, 1.54) is 29.2 Å². The van der Waals surface area contributed by atoms with Gasteiger partial charge in [-0.1, -0.05) is 41.9 Å². The fourth-order valence-corrected chi connectivity index (χ4v) is 3.77. The third kappa shape index (κ3) is 6.95. The second kappa shape index (κ2) is 9.85. The topological polar surface area (TPSA) is 79.7 Å². The number of carbonyl (C=O) groups excluding carboxylic acids is 1. The van der Waals surface area contributed by atoms with Crippen LogP contribution in [0.2, 0.25) is 5.02 Å². The zero-order valence-corrected chi connectivity index (χ0v) is 17.0. The molecule has 1 amide bonds. The number of benzene rings is 2. The lowest BCUT2D eigenvalue weighted by Gasteiger charge is -2.21. The van der Waals surface area contributed by atoms with E-state index in [2.05, 4.69) is 10.0 Å². The van der Waals surface area contributed by atoms with Crippen molar-refractivity contribution in [2.24, 2.45) is 0 Å². The summed E-state index contributed by atoms with van der Waals surface area (Å²) in [5.41, 5.74) is 1.02. The highest BCUT2D eigenvalue weighted by atomic mass is 35.5. The average Bonchev–Trinajstić information content (AvgIpc) is 2.62. The molecule has 0 fully saturated rings. The highest BCUT2D eigenvalue weighted by Crippen LogP contribution is 2.14. The summed E-state index contributed by atoms with van der Waals surface area (Å²) in [4.78, 5) is 13.6. The smallest absolute Gasteiger partial charge is 0.240 e. The normalized spacial score (nSPS) is 12.7. The van der Waals surface area contributed by atoms with Crippen LogP contribution in [0.25, 0.3) is 0 Å². The maximum atomic E-state index is 12.3. The Balaban J connectivity index is 1.91. The van der Waals surface area contributed by atoms with Gasteiger partial charge in [-0.05, 0) is 29.8 Å². The summed E-state index contributed by atoms with van der Waals surface area (Å²) in [6.07, 6.45) is 0.0545. The first-order valence-corrected chi connectivity index (χ1v) is 10.5. The van der Waals surface area contributed by atoms with Crippen molar-refractivity contribution in [3.05, 3.63) is 65.2 Å². The van der Waals surface area contributed by atoms with Crippen molar-refractivity contribution in [2.75, 3.05) is 27.2 Å². The largest absolute Gasteiger partial charge is 0.344 e. The predicted molar refractivity (Wildman–Crippen MR) is 106 cm³/mol. The van der Waals surface area contributed by atoms with E-state index in [-0.39, 0.29) is 29.8 Å². The van der Waals surface area contributed by atoms with Gasteiger partial charge in [0.05, 0.1) is 19.0 Å². The maximum Gasteiger partial charge on any atom is 0.240 e. The molecule has 146 valence electrons. The van der Waals surface area contributed by atoms with Crippen molar-refractivity contribution in [3.63, 3.8) is 0 Å². The van der Waals surface area contributed by atoms with Gasteiger partial charge in [0, 0.05) is 18.0 Å². The van der Waals surface area contributed by atoms with E-state index in [9.17, 15) is 13.2 Å². The van der Waals surface area contributed by atoms with Crippen molar-refractivity contribution in [2.45, 2.75) is 17.4 Å². The van der Waals surface area contributed by atoms with E-state index in [1.807, 2.05) is 44.4 Å². The second-order valence-corrected chi connectivity index (χ2v) is 8.75. The number of hydrogen-bond acceptors (Lipinski definition) is 3. The molecule has 0 heterocycles. The summed E-state index contributed by atoms with van der Waals surface area (Å²) in [7, 11) is 0.367. The molecule has 0 radical (unpaired) electrons. The Morgan fingerprint density at radius 1 is 1.07 bits per heavy atom. The van der Waals surface area contributed by atoms with Gasteiger partial charge < -0.3 is 10.2 Å². The van der Waals surface area contributed by atoms with E-state index in [1.54, 1.807) is 0 Å². The Hall–Kier alpha value is -1.93. The van der Waals surface area contributed by atoms with Crippen LogP contribution in [0.3, 0.4) is 0 Å². The van der Waals surface area contributed by atoms with Gasteiger partial charge in [-0.15, -0.1) is 0 Å². The quantitative estimate of drug-likeness (QED) is 0.577. The van der Waals surface area contributed by atoms with Crippen LogP contribution in [0.5, 0.6) is 0 Å². The number of rotatable bonds is 9. The number of likely N-dealkylation sites (N-methyl/N-ethyl adjacent to an activating group) is 1. The molecule has 2 rings (SSSR count). The minimum atomic E-state index is -3.67. The molecule has 0 aromatic heterocycles. The second-order valence-electron chi connectivity index (χ2n) is 6.54. The molecule has 2 aromatic carbocycles. The van der Waals surface area contributed by atoms with Crippen molar-refractivity contribution >= 4 is 27.5 Å². The van der Waals surface area contributed by atoms with Crippen LogP contribution in [-0.2, 0) is 14.8 Å². The molecule has 0 saturated heterocycles. The van der Waals surface area contributed by atoms with Gasteiger partial charge in [0.2, 0.25) is 15.9 Å². The first kappa shape index (κ1) is 21.4. The zero-order valence-electron chi connectivity index (χ0n) is 15.4. The minimum Gasteiger partial charge on any atom is -0.344 e. The Morgan fingerprint density at radius 2 is 1.70 bits per heavy atom. The number of halogens is 1. The Kier molecular flexibility index (Phi) is 7.79. The summed E-state index contributed by atoms with van der Waals surface area (Å²) in [6, 6.07) is 15.5. The van der Waals surface area contributed by atoms with Gasteiger partial charge in [-0.25, -0.2) is 13.1 Å². The molecule has 1 atom stereocenters. The lowest BCUT2D eigenvalue weighted by Crippen LogP contribution is -3.06. The van der Waals surface area contributed by atoms with Crippen LogP contribution in [0.4, 0.5) is 0 Å². The van der Waals surface area contributed by atoms with Crippen LogP contribution in [0, 0.1) is 0 Å². The summed E-state index contributed by atoms with van der Waals surface area (Å²) in [5, 5.41) is 3.45. The molecule has 6 nitrogen and oxygen atoms in total. The molecule has 8 heteroatoms. The number of sulfonamides is 1. The number of amides is 1. The fourth-order valence-electron chi connectivity index (χ4n) is 2.61. The molecule has 0 bridgehead atoms. The highest BCUT2D eigenvalue weighted by molar-refractivity contribution is 7.89. The Labute approximate surface area is 165 Å². The number of hydrogen-bond donors (Lipinski definition) is 3. The van der Waals surface area contributed by atoms with Gasteiger partial charge in [-0.3, -0.25) is 4.79 Å². The van der Waals surface area contributed by atoms with Gasteiger partial charge >= 0.3 is 0 Å². The van der Waals surface area contributed by atoms with E-state index >= 15 is 0 Å². The van der Waals surface area contributed by atoms with Crippen molar-refractivity contribution in [1.82, 2.24) is 10.0 Å². The number of carbonyl (C=O) groups is 1. The zero-order chi connectivity index (χ0) is 19.9. The maximum absolute atomic E-state index is 12.3. The van der Waals surface area contributed by atoms with Crippen molar-refractivity contribution < 1.29 is 18.1 Å². The van der Waals surface area contributed by atoms with Crippen LogP contribution in [0.1, 0.15) is 18.0 Å². The molecule has 0 unspecified atom stereocenters. The summed E-state index contributed by atoms with van der Waals surface area (Å²) >= 11 is 5.77. The first-order chi connectivity index (χ1) is 12.8. The molecular formula is C19H25ClN3O3S+. The first-order valence-electron chi connectivity index (χ1n) is 8.66.